The monoisotopic (exact) mass is 347 g/mol. The van der Waals surface area contributed by atoms with Crippen molar-refractivity contribution >= 4 is 17.7 Å². The van der Waals surface area contributed by atoms with Gasteiger partial charge in [0.1, 0.15) is 5.82 Å². The third kappa shape index (κ3) is 3.93. The number of H-pyrrole nitrogens is 1. The third-order valence-electron chi connectivity index (χ3n) is 3.62. The Kier molecular flexibility index (Phi) is 5.69. The first kappa shape index (κ1) is 18.4. The minimum Gasteiger partial charge on any atom is -0.462 e. The summed E-state index contributed by atoms with van der Waals surface area (Å²) in [6.45, 7) is 4.56. The molecule has 2 rings (SSSR count). The van der Waals surface area contributed by atoms with E-state index in [9.17, 15) is 18.8 Å². The Morgan fingerprint density at radius 3 is 2.40 bits per heavy atom. The lowest BCUT2D eigenvalue weighted by Gasteiger charge is -2.05. The smallest absolute Gasteiger partial charge is 0.341 e. The topological polar surface area (TPSA) is 85.5 Å². The minimum atomic E-state index is -0.932. The van der Waals surface area contributed by atoms with Crippen LogP contribution in [0.4, 0.5) is 4.39 Å². The summed E-state index contributed by atoms with van der Waals surface area (Å²) in [5, 5.41) is 0. The summed E-state index contributed by atoms with van der Waals surface area (Å²) in [4.78, 5) is 38.9. The number of carbonyl (C=O) groups is 3. The van der Waals surface area contributed by atoms with Crippen molar-refractivity contribution in [3.63, 3.8) is 0 Å². The van der Waals surface area contributed by atoms with Crippen molar-refractivity contribution in [2.24, 2.45) is 0 Å². The summed E-state index contributed by atoms with van der Waals surface area (Å²) in [5.74, 6) is -2.72. The fourth-order valence-electron chi connectivity index (χ4n) is 2.45. The first-order valence-corrected chi connectivity index (χ1v) is 7.67. The van der Waals surface area contributed by atoms with E-state index < -0.39 is 30.1 Å². The lowest BCUT2D eigenvalue weighted by atomic mass is 10.1. The normalized spacial score (nSPS) is 10.4. The van der Waals surface area contributed by atoms with Gasteiger partial charge in [0.25, 0.3) is 0 Å². The number of rotatable bonds is 6. The maximum absolute atomic E-state index is 13.5. The van der Waals surface area contributed by atoms with E-state index in [4.69, 9.17) is 9.47 Å². The molecular formula is C18H18FNO5. The van der Waals surface area contributed by atoms with E-state index in [1.54, 1.807) is 20.8 Å². The summed E-state index contributed by atoms with van der Waals surface area (Å²) < 4.78 is 23.4. The fraction of sp³-hybridized carbons (Fsp3) is 0.278. The summed E-state index contributed by atoms with van der Waals surface area (Å²) >= 11 is 0. The van der Waals surface area contributed by atoms with Crippen LogP contribution in [-0.2, 0) is 9.47 Å². The first-order valence-electron chi connectivity index (χ1n) is 7.67. The number of carbonyl (C=O) groups excluding carboxylic acids is 3. The zero-order chi connectivity index (χ0) is 18.6. The molecule has 132 valence electrons. The SMILES string of the molecule is CCOC(=O)c1c(C)[nH]c(C(=O)COC(=O)c2ccccc2F)c1C. The van der Waals surface area contributed by atoms with Gasteiger partial charge < -0.3 is 14.5 Å². The van der Waals surface area contributed by atoms with E-state index in [0.29, 0.717) is 11.3 Å². The quantitative estimate of drug-likeness (QED) is 0.641. The molecular weight excluding hydrogens is 329 g/mol. The van der Waals surface area contributed by atoms with Gasteiger partial charge in [-0.2, -0.15) is 0 Å². The molecule has 0 aliphatic heterocycles. The molecule has 0 unspecified atom stereocenters. The lowest BCUT2D eigenvalue weighted by Crippen LogP contribution is -2.16. The van der Waals surface area contributed by atoms with Crippen LogP contribution in [0.5, 0.6) is 0 Å². The number of benzene rings is 1. The second kappa shape index (κ2) is 7.74. The van der Waals surface area contributed by atoms with Gasteiger partial charge in [-0.3, -0.25) is 4.79 Å². The second-order valence-electron chi connectivity index (χ2n) is 5.32. The van der Waals surface area contributed by atoms with E-state index in [1.165, 1.54) is 18.2 Å². The standard InChI is InChI=1S/C18H18FNO5/c1-4-24-18(23)15-10(2)16(20-11(15)3)14(21)9-25-17(22)12-7-5-6-8-13(12)19/h5-8,20H,4,9H2,1-3H3. The van der Waals surface area contributed by atoms with Crippen molar-refractivity contribution in [1.82, 2.24) is 4.98 Å². The molecule has 1 aromatic carbocycles. The molecule has 0 aliphatic carbocycles. The average Bonchev–Trinajstić information content (AvgIpc) is 2.87. The second-order valence-corrected chi connectivity index (χ2v) is 5.32. The Morgan fingerprint density at radius 2 is 1.76 bits per heavy atom. The first-order chi connectivity index (χ1) is 11.9. The Hall–Kier alpha value is -2.96. The highest BCUT2D eigenvalue weighted by molar-refractivity contribution is 6.03. The highest BCUT2D eigenvalue weighted by Crippen LogP contribution is 2.20. The van der Waals surface area contributed by atoms with E-state index in [0.717, 1.165) is 6.07 Å². The number of aromatic nitrogens is 1. The van der Waals surface area contributed by atoms with Crippen LogP contribution in [0.15, 0.2) is 24.3 Å². The number of hydrogen-bond donors (Lipinski definition) is 1. The minimum absolute atomic E-state index is 0.155. The van der Waals surface area contributed by atoms with Gasteiger partial charge in [0.2, 0.25) is 5.78 Å². The number of esters is 2. The summed E-state index contributed by atoms with van der Waals surface area (Å²) in [5.41, 5.74) is 1.09. The summed E-state index contributed by atoms with van der Waals surface area (Å²) in [6.07, 6.45) is 0. The van der Waals surface area contributed by atoms with Crippen molar-refractivity contribution in [1.29, 1.82) is 0 Å². The van der Waals surface area contributed by atoms with Crippen LogP contribution >= 0.6 is 0 Å². The predicted molar refractivity (Wildman–Crippen MR) is 87.2 cm³/mol. The highest BCUT2D eigenvalue weighted by atomic mass is 19.1. The van der Waals surface area contributed by atoms with Gasteiger partial charge in [-0.05, 0) is 38.5 Å². The van der Waals surface area contributed by atoms with Crippen LogP contribution < -0.4 is 0 Å². The number of halogens is 1. The van der Waals surface area contributed by atoms with Crippen molar-refractivity contribution in [2.45, 2.75) is 20.8 Å². The number of aryl methyl sites for hydroxylation is 1. The number of hydrogen-bond acceptors (Lipinski definition) is 5. The van der Waals surface area contributed by atoms with Gasteiger partial charge in [-0.15, -0.1) is 0 Å². The molecule has 0 saturated carbocycles. The Balaban J connectivity index is 2.12. The third-order valence-corrected chi connectivity index (χ3v) is 3.62. The van der Waals surface area contributed by atoms with Gasteiger partial charge in [-0.1, -0.05) is 12.1 Å². The molecule has 6 nitrogen and oxygen atoms in total. The maximum atomic E-state index is 13.5. The molecule has 1 heterocycles. The van der Waals surface area contributed by atoms with Gasteiger partial charge in [0.05, 0.1) is 23.4 Å². The van der Waals surface area contributed by atoms with Crippen molar-refractivity contribution in [3.05, 3.63) is 58.2 Å². The van der Waals surface area contributed by atoms with Gasteiger partial charge >= 0.3 is 11.9 Å². The van der Waals surface area contributed by atoms with Crippen molar-refractivity contribution < 1.29 is 28.2 Å². The molecule has 2 aromatic rings. The van der Waals surface area contributed by atoms with Crippen LogP contribution in [-0.4, -0.2) is 35.9 Å². The van der Waals surface area contributed by atoms with E-state index in [1.807, 2.05) is 0 Å². The van der Waals surface area contributed by atoms with Crippen molar-refractivity contribution in [2.75, 3.05) is 13.2 Å². The fourth-order valence-corrected chi connectivity index (χ4v) is 2.45. The highest BCUT2D eigenvalue weighted by Gasteiger charge is 2.24. The zero-order valence-electron chi connectivity index (χ0n) is 14.1. The molecule has 0 fully saturated rings. The molecule has 0 saturated heterocycles. The number of nitrogens with one attached hydrogen (secondary N) is 1. The Morgan fingerprint density at radius 1 is 1.08 bits per heavy atom. The molecule has 7 heteroatoms. The van der Waals surface area contributed by atoms with Crippen LogP contribution in [0, 0.1) is 19.7 Å². The van der Waals surface area contributed by atoms with Crippen LogP contribution in [0.25, 0.3) is 0 Å². The largest absolute Gasteiger partial charge is 0.462 e. The van der Waals surface area contributed by atoms with Crippen LogP contribution in [0.2, 0.25) is 0 Å². The van der Waals surface area contributed by atoms with Gasteiger partial charge in [0, 0.05) is 5.69 Å². The summed E-state index contributed by atoms with van der Waals surface area (Å²) in [7, 11) is 0. The van der Waals surface area contributed by atoms with Crippen LogP contribution in [0.1, 0.15) is 49.4 Å². The molecule has 0 radical (unpaired) electrons. The molecule has 1 N–H and O–H groups in total. The van der Waals surface area contributed by atoms with Crippen LogP contribution in [0.3, 0.4) is 0 Å². The number of aromatic amines is 1. The summed E-state index contributed by atoms with van der Waals surface area (Å²) in [6, 6.07) is 5.33. The molecule has 0 spiro atoms. The zero-order valence-corrected chi connectivity index (χ0v) is 14.1. The van der Waals surface area contributed by atoms with Crippen molar-refractivity contribution in [3.8, 4) is 0 Å². The lowest BCUT2D eigenvalue weighted by molar-refractivity contribution is 0.0467. The number of Topliss-reactive ketones (excluding diaryl/α,β-unsaturated/α-hetero) is 1. The number of ketones is 1. The molecule has 0 atom stereocenters. The number of ether oxygens (including phenoxy) is 2. The van der Waals surface area contributed by atoms with E-state index in [2.05, 4.69) is 4.98 Å². The molecule has 0 bridgehead atoms. The Labute approximate surface area is 143 Å². The van der Waals surface area contributed by atoms with E-state index in [-0.39, 0.29) is 23.4 Å². The Bertz CT molecular complexity index is 825. The molecule has 0 aliphatic rings. The molecule has 0 amide bonds. The average molecular weight is 347 g/mol. The van der Waals surface area contributed by atoms with Gasteiger partial charge in [-0.25, -0.2) is 14.0 Å². The van der Waals surface area contributed by atoms with E-state index >= 15 is 0 Å². The molecule has 25 heavy (non-hydrogen) atoms. The maximum Gasteiger partial charge on any atom is 0.341 e. The molecule has 1 aromatic heterocycles. The predicted octanol–water partition coefficient (Wildman–Crippen LogP) is 2.99. The van der Waals surface area contributed by atoms with Gasteiger partial charge in [0.15, 0.2) is 6.61 Å².